The minimum absolute atomic E-state index is 0.0270. The van der Waals surface area contributed by atoms with Gasteiger partial charge in [-0.2, -0.15) is 0 Å². The third kappa shape index (κ3) is 3.03. The lowest BCUT2D eigenvalue weighted by Crippen LogP contribution is -2.19. The van der Waals surface area contributed by atoms with E-state index in [0.717, 1.165) is 27.5 Å². The number of anilines is 2. The largest absolute Gasteiger partial charge is 0.398 e. The van der Waals surface area contributed by atoms with Gasteiger partial charge in [-0.1, -0.05) is 11.6 Å². The molecule has 6 nitrogen and oxygen atoms in total. The van der Waals surface area contributed by atoms with E-state index in [1.807, 2.05) is 19.1 Å². The highest BCUT2D eigenvalue weighted by Crippen LogP contribution is 2.57. The fraction of sp³-hybridized carbons (Fsp3) is 0.318. The number of pyridine rings is 2. The Balaban J connectivity index is 1.49. The number of hydrogen-bond acceptors (Lipinski definition) is 5. The molecule has 2 aliphatic carbocycles. The molecule has 2 fully saturated rings. The van der Waals surface area contributed by atoms with Gasteiger partial charge in [0.25, 0.3) is 0 Å². The second-order valence-electron chi connectivity index (χ2n) is 8.10. The van der Waals surface area contributed by atoms with Crippen molar-refractivity contribution in [1.29, 1.82) is 0 Å². The van der Waals surface area contributed by atoms with Gasteiger partial charge in [0.1, 0.15) is 5.82 Å². The van der Waals surface area contributed by atoms with Gasteiger partial charge in [-0.25, -0.2) is 4.98 Å². The summed E-state index contributed by atoms with van der Waals surface area (Å²) in [6.07, 6.45) is 6.31. The number of carbonyl (C=O) groups is 1. The lowest BCUT2D eigenvalue weighted by molar-refractivity contribution is -0.118. The molecule has 0 radical (unpaired) electrons. The van der Waals surface area contributed by atoms with Crippen molar-refractivity contribution in [3.05, 3.63) is 47.4 Å². The lowest BCUT2D eigenvalue weighted by Gasteiger charge is -2.14. The molecule has 29 heavy (non-hydrogen) atoms. The maximum atomic E-state index is 12.6. The van der Waals surface area contributed by atoms with Crippen LogP contribution in [-0.4, -0.2) is 27.1 Å². The van der Waals surface area contributed by atoms with Crippen LogP contribution < -0.4 is 11.1 Å². The topological polar surface area (TPSA) is 101 Å². The molecule has 2 aromatic heterocycles. The van der Waals surface area contributed by atoms with Gasteiger partial charge in [-0.15, -0.1) is 0 Å². The number of rotatable bonds is 3. The molecular weight excluding hydrogens is 388 g/mol. The van der Waals surface area contributed by atoms with Crippen LogP contribution in [0.3, 0.4) is 0 Å². The molecular formula is C22H21ClN4O2. The van der Waals surface area contributed by atoms with Gasteiger partial charge in [0.05, 0.1) is 11.1 Å². The Labute approximate surface area is 173 Å². The number of aromatic nitrogens is 2. The monoisotopic (exact) mass is 408 g/mol. The average Bonchev–Trinajstić information content (AvgIpc) is 3.22. The number of aryl methyl sites for hydroxylation is 1. The Morgan fingerprint density at radius 2 is 1.97 bits per heavy atom. The Kier molecular flexibility index (Phi) is 4.22. The van der Waals surface area contributed by atoms with Gasteiger partial charge in [0.2, 0.25) is 5.91 Å². The summed E-state index contributed by atoms with van der Waals surface area (Å²) in [7, 11) is 0. The number of nitrogen functional groups attached to an aromatic ring is 1. The maximum absolute atomic E-state index is 12.6. The lowest BCUT2D eigenvalue weighted by atomic mass is 9.99. The standard InChI is InChI=1S/C22H21ClN4O2/c1-10-2-3-25-8-16(10)14-6-18(24)17-9-26-19(7-15(17)21(14)23)27-22(29)20-12-4-11(28)5-13(12)20/h2-3,6-9,11-13,20,28H,4-5,24H2,1H3,(H,26,27,29)/t11?,12-,13+,20+. The molecule has 2 saturated carbocycles. The number of aliphatic hydroxyl groups excluding tert-OH is 1. The first-order valence-corrected chi connectivity index (χ1v) is 10.1. The summed E-state index contributed by atoms with van der Waals surface area (Å²) in [5, 5.41) is 14.6. The molecule has 5 rings (SSSR count). The van der Waals surface area contributed by atoms with Gasteiger partial charge in [0, 0.05) is 52.1 Å². The summed E-state index contributed by atoms with van der Waals surface area (Å²) < 4.78 is 0. The van der Waals surface area contributed by atoms with Crippen molar-refractivity contribution in [2.45, 2.75) is 25.9 Å². The zero-order chi connectivity index (χ0) is 20.3. The van der Waals surface area contributed by atoms with Crippen LogP contribution in [-0.2, 0) is 4.79 Å². The predicted molar refractivity (Wildman–Crippen MR) is 113 cm³/mol. The molecule has 4 N–H and O–H groups in total. The fourth-order valence-electron chi connectivity index (χ4n) is 4.73. The molecule has 7 heteroatoms. The van der Waals surface area contributed by atoms with Crippen LogP contribution >= 0.6 is 11.6 Å². The summed E-state index contributed by atoms with van der Waals surface area (Å²) in [6, 6.07) is 5.53. The summed E-state index contributed by atoms with van der Waals surface area (Å²) in [6.45, 7) is 2.00. The summed E-state index contributed by atoms with van der Waals surface area (Å²) in [5.41, 5.74) is 9.60. The van der Waals surface area contributed by atoms with E-state index in [9.17, 15) is 9.90 Å². The van der Waals surface area contributed by atoms with Crippen molar-refractivity contribution in [3.63, 3.8) is 0 Å². The average molecular weight is 409 g/mol. The molecule has 2 heterocycles. The molecule has 148 valence electrons. The molecule has 1 aromatic carbocycles. The summed E-state index contributed by atoms with van der Waals surface area (Å²) >= 11 is 6.75. The molecule has 4 atom stereocenters. The van der Waals surface area contributed by atoms with Crippen molar-refractivity contribution in [1.82, 2.24) is 9.97 Å². The predicted octanol–water partition coefficient (Wildman–Crippen LogP) is 3.80. The van der Waals surface area contributed by atoms with Crippen molar-refractivity contribution in [2.75, 3.05) is 11.1 Å². The van der Waals surface area contributed by atoms with Gasteiger partial charge < -0.3 is 16.2 Å². The number of hydrogen-bond donors (Lipinski definition) is 3. The first kappa shape index (κ1) is 18.3. The Bertz CT molecular complexity index is 1140. The van der Waals surface area contributed by atoms with E-state index in [2.05, 4.69) is 15.3 Å². The van der Waals surface area contributed by atoms with Crippen LogP contribution in [0.2, 0.25) is 5.02 Å². The molecule has 0 spiro atoms. The molecule has 1 unspecified atom stereocenters. The second-order valence-corrected chi connectivity index (χ2v) is 8.48. The van der Waals surface area contributed by atoms with E-state index in [4.69, 9.17) is 17.3 Å². The highest BCUT2D eigenvalue weighted by Gasteiger charge is 2.59. The number of nitrogens with one attached hydrogen (secondary N) is 1. The van der Waals surface area contributed by atoms with Gasteiger partial charge in [0.15, 0.2) is 0 Å². The van der Waals surface area contributed by atoms with Gasteiger partial charge >= 0.3 is 0 Å². The minimum Gasteiger partial charge on any atom is -0.398 e. The number of fused-ring (bicyclic) bond motifs is 2. The van der Waals surface area contributed by atoms with Crippen molar-refractivity contribution >= 4 is 39.8 Å². The number of nitrogens with two attached hydrogens (primary N) is 1. The van der Waals surface area contributed by atoms with E-state index < -0.39 is 0 Å². The molecule has 0 saturated heterocycles. The first-order chi connectivity index (χ1) is 13.9. The Morgan fingerprint density at radius 3 is 2.69 bits per heavy atom. The van der Waals surface area contributed by atoms with Crippen molar-refractivity contribution in [3.8, 4) is 11.1 Å². The quantitative estimate of drug-likeness (QED) is 0.572. The van der Waals surface area contributed by atoms with E-state index in [-0.39, 0.29) is 17.9 Å². The number of halogens is 1. The fourth-order valence-corrected chi connectivity index (χ4v) is 5.04. The van der Waals surface area contributed by atoms with Gasteiger partial charge in [-0.05, 0) is 55.4 Å². The number of aliphatic hydroxyl groups is 1. The van der Waals surface area contributed by atoms with Crippen LogP contribution in [0.25, 0.3) is 21.9 Å². The highest BCUT2D eigenvalue weighted by molar-refractivity contribution is 6.39. The van der Waals surface area contributed by atoms with E-state index in [0.29, 0.717) is 41.2 Å². The second kappa shape index (κ2) is 6.68. The summed E-state index contributed by atoms with van der Waals surface area (Å²) in [4.78, 5) is 21.2. The number of benzene rings is 1. The third-order valence-corrected chi connectivity index (χ3v) is 6.70. The molecule has 2 aliphatic rings. The SMILES string of the molecule is Cc1ccncc1-c1cc(N)c2cnc(NC(=O)[C@H]3[C@@H]4CC(O)C[C@@H]43)cc2c1Cl. The number of nitrogens with zero attached hydrogens (tertiary/aromatic N) is 2. The summed E-state index contributed by atoms with van der Waals surface area (Å²) in [5.74, 6) is 0.979. The van der Waals surface area contributed by atoms with Crippen molar-refractivity contribution < 1.29 is 9.90 Å². The highest BCUT2D eigenvalue weighted by atomic mass is 35.5. The van der Waals surface area contributed by atoms with Gasteiger partial charge in [-0.3, -0.25) is 9.78 Å². The normalized spacial score (nSPS) is 25.1. The smallest absolute Gasteiger partial charge is 0.229 e. The van der Waals surface area contributed by atoms with Crippen LogP contribution in [0.1, 0.15) is 18.4 Å². The van der Waals surface area contributed by atoms with E-state index in [1.165, 1.54) is 0 Å². The number of amides is 1. The third-order valence-electron chi connectivity index (χ3n) is 6.29. The maximum Gasteiger partial charge on any atom is 0.229 e. The zero-order valence-electron chi connectivity index (χ0n) is 15.9. The first-order valence-electron chi connectivity index (χ1n) is 9.71. The van der Waals surface area contributed by atoms with E-state index in [1.54, 1.807) is 24.7 Å². The van der Waals surface area contributed by atoms with Crippen LogP contribution in [0.5, 0.6) is 0 Å². The van der Waals surface area contributed by atoms with Crippen molar-refractivity contribution in [2.24, 2.45) is 17.8 Å². The number of carbonyl (C=O) groups excluding carboxylic acids is 1. The zero-order valence-corrected chi connectivity index (χ0v) is 16.6. The van der Waals surface area contributed by atoms with E-state index >= 15 is 0 Å². The molecule has 0 bridgehead atoms. The van der Waals surface area contributed by atoms with Crippen LogP contribution in [0.15, 0.2) is 36.8 Å². The Morgan fingerprint density at radius 1 is 1.21 bits per heavy atom. The molecule has 0 aliphatic heterocycles. The Hall–Kier alpha value is -2.70. The molecule has 1 amide bonds. The van der Waals surface area contributed by atoms with Crippen LogP contribution in [0, 0.1) is 24.7 Å². The minimum atomic E-state index is -0.260. The van der Waals surface area contributed by atoms with Crippen LogP contribution in [0.4, 0.5) is 11.5 Å². The molecule has 3 aromatic rings.